The minimum atomic E-state index is -0.913. The van der Waals surface area contributed by atoms with Crippen LogP contribution in [0, 0.1) is 11.8 Å². The van der Waals surface area contributed by atoms with Crippen LogP contribution in [0.15, 0.2) is 30.3 Å². The van der Waals surface area contributed by atoms with Gasteiger partial charge >= 0.3 is 18.0 Å². The summed E-state index contributed by atoms with van der Waals surface area (Å²) >= 11 is 0. The Morgan fingerprint density at radius 3 is 1.94 bits per heavy atom. The highest BCUT2D eigenvalue weighted by Crippen LogP contribution is 2.38. The molecule has 2 aliphatic rings. The summed E-state index contributed by atoms with van der Waals surface area (Å²) in [6, 6.07) is 9.41. The van der Waals surface area contributed by atoms with Crippen LogP contribution in [0.1, 0.15) is 58.9 Å². The maximum Gasteiger partial charge on any atom is 0.408 e. The number of hydrogen-bond acceptors (Lipinski definition) is 7. The second-order valence-electron chi connectivity index (χ2n) is 8.89. The molecule has 2 fully saturated rings. The Hall–Kier alpha value is -2.61. The van der Waals surface area contributed by atoms with Gasteiger partial charge in [-0.2, -0.15) is 0 Å². The van der Waals surface area contributed by atoms with Crippen molar-refractivity contribution < 1.29 is 28.6 Å². The standard InChI is InChI=1S/C16H21NO4.C8H15NO2/c1-3-20-14(18)16(9-12(2)10-16)17-15(19)21-11-13-7-5-4-6-8-13;1-3-11-7(10)8(9)4-6(2)5-8/h4-8,12H,3,9-11H2,1-2H3,(H,17,19);6H,3-5,9H2,1-2H3. The highest BCUT2D eigenvalue weighted by Gasteiger charge is 2.51. The van der Waals surface area contributed by atoms with Crippen molar-refractivity contribution in [2.45, 2.75) is 71.1 Å². The van der Waals surface area contributed by atoms with E-state index < -0.39 is 17.2 Å². The number of benzene rings is 1. The summed E-state index contributed by atoms with van der Waals surface area (Å²) in [5, 5.41) is 2.68. The van der Waals surface area contributed by atoms with Crippen molar-refractivity contribution in [2.75, 3.05) is 13.2 Å². The Bertz CT molecular complexity index is 770. The largest absolute Gasteiger partial charge is 0.465 e. The lowest BCUT2D eigenvalue weighted by atomic mass is 9.69. The van der Waals surface area contributed by atoms with Crippen LogP contribution in [0.2, 0.25) is 0 Å². The van der Waals surface area contributed by atoms with Gasteiger partial charge in [0.15, 0.2) is 0 Å². The number of rotatable bonds is 7. The van der Waals surface area contributed by atoms with Crippen molar-refractivity contribution in [3.8, 4) is 0 Å². The van der Waals surface area contributed by atoms with E-state index in [0.29, 0.717) is 37.9 Å². The summed E-state index contributed by atoms with van der Waals surface area (Å²) in [6.45, 7) is 8.58. The van der Waals surface area contributed by atoms with Gasteiger partial charge in [0.05, 0.1) is 13.2 Å². The molecule has 1 aromatic rings. The molecule has 0 saturated heterocycles. The minimum absolute atomic E-state index is 0.182. The van der Waals surface area contributed by atoms with Gasteiger partial charge in [-0.1, -0.05) is 44.2 Å². The van der Waals surface area contributed by atoms with E-state index in [-0.39, 0.29) is 18.5 Å². The first-order valence-corrected chi connectivity index (χ1v) is 11.3. The molecule has 1 aromatic carbocycles. The van der Waals surface area contributed by atoms with E-state index in [0.717, 1.165) is 18.4 Å². The van der Waals surface area contributed by atoms with Crippen LogP contribution in [0.4, 0.5) is 4.79 Å². The molecule has 3 rings (SSSR count). The van der Waals surface area contributed by atoms with Gasteiger partial charge in [0.2, 0.25) is 0 Å². The highest BCUT2D eigenvalue weighted by molar-refractivity contribution is 5.87. The molecule has 8 nitrogen and oxygen atoms in total. The number of alkyl carbamates (subject to hydrolysis) is 1. The van der Waals surface area contributed by atoms with E-state index >= 15 is 0 Å². The molecule has 0 radical (unpaired) electrons. The van der Waals surface area contributed by atoms with Crippen molar-refractivity contribution in [3.63, 3.8) is 0 Å². The predicted octanol–water partition coefficient (Wildman–Crippen LogP) is 3.32. The molecule has 178 valence electrons. The summed E-state index contributed by atoms with van der Waals surface area (Å²) in [6.07, 6.45) is 2.13. The first kappa shape index (κ1) is 25.6. The fraction of sp³-hybridized carbons (Fsp3) is 0.625. The van der Waals surface area contributed by atoms with E-state index in [2.05, 4.69) is 12.2 Å². The lowest BCUT2D eigenvalue weighted by Gasteiger charge is -2.43. The second-order valence-corrected chi connectivity index (χ2v) is 8.89. The van der Waals surface area contributed by atoms with Gasteiger partial charge in [0, 0.05) is 0 Å². The Kier molecular flexibility index (Phi) is 9.07. The number of hydrogen-bond donors (Lipinski definition) is 2. The number of carbonyl (C=O) groups excluding carboxylic acids is 3. The molecule has 0 aliphatic heterocycles. The SMILES string of the molecule is CCOC(=O)C1(N)CC(C)C1.CCOC(=O)C1(NC(=O)OCc2ccccc2)CC(C)C1. The predicted molar refractivity (Wildman–Crippen MR) is 119 cm³/mol. The van der Waals surface area contributed by atoms with Crippen LogP contribution in [0.5, 0.6) is 0 Å². The fourth-order valence-electron chi connectivity index (χ4n) is 4.30. The zero-order valence-corrected chi connectivity index (χ0v) is 19.5. The average Bonchev–Trinajstić information content (AvgIpc) is 2.71. The first-order chi connectivity index (χ1) is 15.1. The fourth-order valence-corrected chi connectivity index (χ4v) is 4.30. The molecule has 32 heavy (non-hydrogen) atoms. The summed E-state index contributed by atoms with van der Waals surface area (Å²) < 4.78 is 15.1. The smallest absolute Gasteiger partial charge is 0.408 e. The van der Waals surface area contributed by atoms with Crippen molar-refractivity contribution in [3.05, 3.63) is 35.9 Å². The average molecular weight is 449 g/mol. The molecule has 1 amide bonds. The van der Waals surface area contributed by atoms with Gasteiger partial charge in [-0.15, -0.1) is 0 Å². The second kappa shape index (κ2) is 11.3. The van der Waals surface area contributed by atoms with Gasteiger partial charge in [0.1, 0.15) is 17.7 Å². The van der Waals surface area contributed by atoms with Crippen LogP contribution in [0.3, 0.4) is 0 Å². The summed E-state index contributed by atoms with van der Waals surface area (Å²) in [4.78, 5) is 35.1. The Morgan fingerprint density at radius 2 is 1.44 bits per heavy atom. The number of amides is 1. The molecule has 8 heteroatoms. The molecule has 0 unspecified atom stereocenters. The van der Waals surface area contributed by atoms with E-state index in [1.54, 1.807) is 13.8 Å². The topological polar surface area (TPSA) is 117 Å². The number of carbonyl (C=O) groups is 3. The number of nitrogens with one attached hydrogen (secondary N) is 1. The van der Waals surface area contributed by atoms with Crippen LogP contribution in [0.25, 0.3) is 0 Å². The van der Waals surface area contributed by atoms with E-state index in [9.17, 15) is 14.4 Å². The molecule has 2 saturated carbocycles. The lowest BCUT2D eigenvalue weighted by Crippen LogP contribution is -2.62. The lowest BCUT2D eigenvalue weighted by molar-refractivity contribution is -0.157. The van der Waals surface area contributed by atoms with Gasteiger partial charge in [-0.25, -0.2) is 9.59 Å². The van der Waals surface area contributed by atoms with Gasteiger partial charge < -0.3 is 25.3 Å². The molecule has 3 N–H and O–H groups in total. The normalized spacial score (nSPS) is 28.0. The Balaban J connectivity index is 0.000000278. The maximum absolute atomic E-state index is 12.0. The van der Waals surface area contributed by atoms with Crippen molar-refractivity contribution in [1.82, 2.24) is 5.32 Å². The van der Waals surface area contributed by atoms with Crippen LogP contribution >= 0.6 is 0 Å². The Labute approximate surface area is 190 Å². The third-order valence-corrected chi connectivity index (χ3v) is 5.72. The van der Waals surface area contributed by atoms with Crippen molar-refractivity contribution in [1.29, 1.82) is 0 Å². The number of esters is 2. The number of ether oxygens (including phenoxy) is 3. The van der Waals surface area contributed by atoms with Crippen molar-refractivity contribution in [2.24, 2.45) is 17.6 Å². The molecule has 2 aliphatic carbocycles. The molecule has 0 bridgehead atoms. The highest BCUT2D eigenvalue weighted by atomic mass is 16.6. The van der Waals surface area contributed by atoms with Crippen molar-refractivity contribution >= 4 is 18.0 Å². The van der Waals surface area contributed by atoms with E-state index in [1.165, 1.54) is 0 Å². The molecule has 0 aromatic heterocycles. The van der Waals surface area contributed by atoms with E-state index in [1.807, 2.05) is 37.3 Å². The third kappa shape index (κ3) is 6.69. The third-order valence-electron chi connectivity index (χ3n) is 5.72. The van der Waals surface area contributed by atoms with Gasteiger partial charge in [-0.05, 0) is 56.9 Å². The summed E-state index contributed by atoms with van der Waals surface area (Å²) in [5.74, 6) is 0.353. The maximum atomic E-state index is 12.0. The van der Waals surface area contributed by atoms with Crippen LogP contribution < -0.4 is 11.1 Å². The molecule has 0 heterocycles. The molecule has 0 spiro atoms. The van der Waals surface area contributed by atoms with Crippen LogP contribution in [-0.4, -0.2) is 42.3 Å². The number of nitrogens with two attached hydrogens (primary N) is 1. The van der Waals surface area contributed by atoms with E-state index in [4.69, 9.17) is 19.9 Å². The summed E-state index contributed by atoms with van der Waals surface area (Å²) in [7, 11) is 0. The molecule has 0 atom stereocenters. The van der Waals surface area contributed by atoms with Crippen LogP contribution in [-0.2, 0) is 30.4 Å². The van der Waals surface area contributed by atoms with Gasteiger partial charge in [-0.3, -0.25) is 4.79 Å². The molecular weight excluding hydrogens is 412 g/mol. The first-order valence-electron chi connectivity index (χ1n) is 11.3. The Morgan fingerprint density at radius 1 is 0.906 bits per heavy atom. The zero-order valence-electron chi connectivity index (χ0n) is 19.5. The van der Waals surface area contributed by atoms with Gasteiger partial charge in [0.25, 0.3) is 0 Å². The quantitative estimate of drug-likeness (QED) is 0.485. The summed E-state index contributed by atoms with van der Waals surface area (Å²) in [5.41, 5.74) is 5.08. The molecular formula is C24H36N2O6. The monoisotopic (exact) mass is 448 g/mol. The zero-order chi connectivity index (χ0) is 23.8. The minimum Gasteiger partial charge on any atom is -0.465 e.